The van der Waals surface area contributed by atoms with Crippen molar-refractivity contribution in [3.63, 3.8) is 0 Å². The average molecular weight is 323 g/mol. The average Bonchev–Trinajstić information content (AvgIpc) is 3.28. The third-order valence-electron chi connectivity index (χ3n) is 3.95. The van der Waals surface area contributed by atoms with Crippen molar-refractivity contribution in [2.24, 2.45) is 11.8 Å². The molecule has 1 saturated carbocycles. The molecule has 3 rings (SSSR count). The molecule has 2 aromatic rings. The summed E-state index contributed by atoms with van der Waals surface area (Å²) in [6.45, 7) is 0.359. The molecule has 1 aliphatic rings. The number of halogens is 2. The van der Waals surface area contributed by atoms with Crippen molar-refractivity contribution in [3.05, 3.63) is 51.8 Å². The van der Waals surface area contributed by atoms with Crippen LogP contribution >= 0.6 is 0 Å². The number of benzene rings is 1. The molecule has 1 atom stereocenters. The largest absolute Gasteiger partial charge is 0.439 e. The molecule has 2 N–H and O–H groups in total. The van der Waals surface area contributed by atoms with Gasteiger partial charge in [-0.25, -0.2) is 13.6 Å². The highest BCUT2D eigenvalue weighted by molar-refractivity contribution is 5.90. The van der Waals surface area contributed by atoms with Crippen molar-refractivity contribution < 1.29 is 18.1 Å². The highest BCUT2D eigenvalue weighted by Gasteiger charge is 2.31. The fraction of sp³-hybridized carbons (Fsp3) is 0.400. The maximum Gasteiger partial charge on any atom is 0.439 e. The van der Waals surface area contributed by atoms with Crippen LogP contribution in [0.4, 0.5) is 8.78 Å². The van der Waals surface area contributed by atoms with Gasteiger partial charge in [0, 0.05) is 6.54 Å². The first-order chi connectivity index (χ1) is 11.0. The van der Waals surface area contributed by atoms with E-state index in [0.29, 0.717) is 24.4 Å². The van der Waals surface area contributed by atoms with Crippen molar-refractivity contribution in [2.75, 3.05) is 6.54 Å². The van der Waals surface area contributed by atoms with E-state index in [0.717, 1.165) is 18.9 Å². The lowest BCUT2D eigenvalue weighted by Crippen LogP contribution is -2.32. The summed E-state index contributed by atoms with van der Waals surface area (Å²) in [5.74, 6) is -2.71. The maximum atomic E-state index is 13.3. The van der Waals surface area contributed by atoms with Gasteiger partial charge < -0.3 is 5.32 Å². The zero-order valence-electron chi connectivity index (χ0n) is 12.1. The summed E-state index contributed by atoms with van der Waals surface area (Å²) in [6, 6.07) is 3.83. The number of aromatic nitrogens is 2. The minimum atomic E-state index is -0.875. The standard InChI is InChI=1S/C15H15F2N3O3/c16-11-4-1-8(6-12(11)17)5-10(9-2-3-9)7-18-14(21)13-19-15(22)23-20-13/h1,4,6,9-10H,2-3,5,7H2,(H,18,21)(H,19,20,22). The van der Waals surface area contributed by atoms with Gasteiger partial charge in [0.05, 0.1) is 0 Å². The van der Waals surface area contributed by atoms with Gasteiger partial charge in [-0.1, -0.05) is 6.07 Å². The monoisotopic (exact) mass is 323 g/mol. The molecule has 1 aliphatic carbocycles. The molecule has 0 aliphatic heterocycles. The quantitative estimate of drug-likeness (QED) is 0.846. The molecule has 1 unspecified atom stereocenters. The minimum absolute atomic E-state index is 0.113. The number of H-pyrrole nitrogens is 1. The number of hydrogen-bond acceptors (Lipinski definition) is 4. The summed E-state index contributed by atoms with van der Waals surface area (Å²) in [6.07, 6.45) is 2.63. The molecule has 0 saturated heterocycles. The predicted molar refractivity (Wildman–Crippen MR) is 75.7 cm³/mol. The topological polar surface area (TPSA) is 88.0 Å². The zero-order valence-corrected chi connectivity index (χ0v) is 12.1. The Morgan fingerprint density at radius 1 is 1.39 bits per heavy atom. The fourth-order valence-electron chi connectivity index (χ4n) is 2.58. The van der Waals surface area contributed by atoms with Crippen LogP contribution in [0.5, 0.6) is 0 Å². The molecule has 23 heavy (non-hydrogen) atoms. The molecule has 0 bridgehead atoms. The maximum absolute atomic E-state index is 13.3. The number of rotatable bonds is 6. The first kappa shape index (κ1) is 15.4. The lowest BCUT2D eigenvalue weighted by Gasteiger charge is -2.16. The van der Waals surface area contributed by atoms with Gasteiger partial charge in [-0.15, -0.1) is 0 Å². The zero-order chi connectivity index (χ0) is 16.4. The molecule has 8 heteroatoms. The van der Waals surface area contributed by atoms with Gasteiger partial charge >= 0.3 is 5.76 Å². The summed E-state index contributed by atoms with van der Waals surface area (Å²) in [5.41, 5.74) is 0.685. The fourth-order valence-corrected chi connectivity index (χ4v) is 2.58. The SMILES string of the molecule is O=C(NCC(Cc1ccc(F)c(F)c1)C1CC1)c1noc(=O)[nH]1. The third kappa shape index (κ3) is 3.82. The Kier molecular flexibility index (Phi) is 4.22. The van der Waals surface area contributed by atoms with Crippen LogP contribution in [0.25, 0.3) is 0 Å². The first-order valence-electron chi connectivity index (χ1n) is 7.31. The summed E-state index contributed by atoms with van der Waals surface area (Å²) < 4.78 is 30.5. The molecular formula is C15H15F2N3O3. The van der Waals surface area contributed by atoms with Gasteiger partial charge in [-0.3, -0.25) is 14.3 Å². The van der Waals surface area contributed by atoms with Crippen LogP contribution in [0, 0.1) is 23.5 Å². The van der Waals surface area contributed by atoms with Crippen molar-refractivity contribution in [2.45, 2.75) is 19.3 Å². The van der Waals surface area contributed by atoms with E-state index < -0.39 is 23.3 Å². The van der Waals surface area contributed by atoms with Gasteiger partial charge in [-0.05, 0) is 54.0 Å². The molecular weight excluding hydrogens is 308 g/mol. The van der Waals surface area contributed by atoms with Crippen molar-refractivity contribution in [3.8, 4) is 0 Å². The molecule has 1 aromatic heterocycles. The third-order valence-corrected chi connectivity index (χ3v) is 3.95. The molecule has 1 amide bonds. The number of amides is 1. The van der Waals surface area contributed by atoms with E-state index in [2.05, 4.69) is 20.0 Å². The van der Waals surface area contributed by atoms with Crippen molar-refractivity contribution >= 4 is 5.91 Å². The summed E-state index contributed by atoms with van der Waals surface area (Å²) in [7, 11) is 0. The highest BCUT2D eigenvalue weighted by atomic mass is 19.2. The molecule has 1 aromatic carbocycles. The van der Waals surface area contributed by atoms with Crippen LogP contribution in [-0.4, -0.2) is 22.6 Å². The summed E-state index contributed by atoms with van der Waals surface area (Å²) in [4.78, 5) is 24.8. The van der Waals surface area contributed by atoms with Crippen LogP contribution in [0.15, 0.2) is 27.5 Å². The Bertz CT molecular complexity index is 767. The lowest BCUT2D eigenvalue weighted by atomic mass is 9.94. The van der Waals surface area contributed by atoms with E-state index in [9.17, 15) is 18.4 Å². The second-order valence-electron chi connectivity index (χ2n) is 5.70. The Morgan fingerprint density at radius 3 is 2.78 bits per heavy atom. The number of nitrogens with one attached hydrogen (secondary N) is 2. The molecule has 6 nitrogen and oxygen atoms in total. The molecule has 122 valence electrons. The van der Waals surface area contributed by atoms with Gasteiger partial charge in [0.1, 0.15) is 0 Å². The Labute approximate surface area is 129 Å². The smallest absolute Gasteiger partial charge is 0.349 e. The van der Waals surface area contributed by atoms with Crippen LogP contribution in [0.2, 0.25) is 0 Å². The Hall–Kier alpha value is -2.51. The van der Waals surface area contributed by atoms with E-state index >= 15 is 0 Å². The van der Waals surface area contributed by atoms with E-state index in [-0.39, 0.29) is 11.7 Å². The van der Waals surface area contributed by atoms with Gasteiger partial charge in [0.25, 0.3) is 5.91 Å². The minimum Gasteiger partial charge on any atom is -0.349 e. The summed E-state index contributed by atoms with van der Waals surface area (Å²) in [5, 5.41) is 5.99. The van der Waals surface area contributed by atoms with Crippen LogP contribution in [0.1, 0.15) is 29.0 Å². The number of nitrogens with zero attached hydrogens (tertiary/aromatic N) is 1. The van der Waals surface area contributed by atoms with E-state index in [1.54, 1.807) is 6.07 Å². The Morgan fingerprint density at radius 2 is 2.17 bits per heavy atom. The van der Waals surface area contributed by atoms with Crippen LogP contribution < -0.4 is 11.1 Å². The molecule has 0 radical (unpaired) electrons. The van der Waals surface area contributed by atoms with E-state index in [1.807, 2.05) is 0 Å². The Balaban J connectivity index is 1.62. The number of hydrogen-bond donors (Lipinski definition) is 2. The van der Waals surface area contributed by atoms with Crippen LogP contribution in [-0.2, 0) is 6.42 Å². The van der Waals surface area contributed by atoms with E-state index in [1.165, 1.54) is 6.07 Å². The van der Waals surface area contributed by atoms with Gasteiger partial charge in [0.15, 0.2) is 11.6 Å². The first-order valence-corrected chi connectivity index (χ1v) is 7.31. The van der Waals surface area contributed by atoms with E-state index in [4.69, 9.17) is 0 Å². The normalized spacial score (nSPS) is 15.4. The summed E-state index contributed by atoms with van der Waals surface area (Å²) >= 11 is 0. The lowest BCUT2D eigenvalue weighted by molar-refractivity contribution is 0.0932. The van der Waals surface area contributed by atoms with Gasteiger partial charge in [-0.2, -0.15) is 0 Å². The number of carbonyl (C=O) groups is 1. The molecule has 1 heterocycles. The number of carbonyl (C=O) groups excluding carboxylic acids is 1. The highest BCUT2D eigenvalue weighted by Crippen LogP contribution is 2.38. The predicted octanol–water partition coefficient (Wildman–Crippen LogP) is 1.64. The van der Waals surface area contributed by atoms with Crippen molar-refractivity contribution in [1.82, 2.24) is 15.5 Å². The second kappa shape index (κ2) is 6.31. The number of aromatic amines is 1. The second-order valence-corrected chi connectivity index (χ2v) is 5.70. The van der Waals surface area contributed by atoms with Crippen LogP contribution in [0.3, 0.4) is 0 Å². The van der Waals surface area contributed by atoms with Gasteiger partial charge in [0.2, 0.25) is 5.82 Å². The van der Waals surface area contributed by atoms with Crippen molar-refractivity contribution in [1.29, 1.82) is 0 Å². The molecule has 0 spiro atoms. The molecule has 1 fully saturated rings.